The second-order valence-corrected chi connectivity index (χ2v) is 14.6. The summed E-state index contributed by atoms with van der Waals surface area (Å²) in [5.41, 5.74) is 16.4. The van der Waals surface area contributed by atoms with Crippen molar-refractivity contribution in [1.82, 2.24) is 9.97 Å². The van der Waals surface area contributed by atoms with E-state index in [1.807, 2.05) is 0 Å². The fourth-order valence-corrected chi connectivity index (χ4v) is 8.46. The van der Waals surface area contributed by atoms with Gasteiger partial charge in [0.1, 0.15) is 11.0 Å². The van der Waals surface area contributed by atoms with Gasteiger partial charge in [-0.1, -0.05) is 158 Å². The molecule has 0 fully saturated rings. The van der Waals surface area contributed by atoms with Crippen LogP contribution >= 0.6 is 0 Å². The fourth-order valence-electron chi connectivity index (χ4n) is 8.46. The number of benzene rings is 9. The summed E-state index contributed by atoms with van der Waals surface area (Å²) in [6, 6.07) is 77.2. The van der Waals surface area contributed by atoms with E-state index in [1.54, 1.807) is 0 Å². The third-order valence-corrected chi connectivity index (χ3v) is 11.2. The zero-order valence-corrected chi connectivity index (χ0v) is 31.6. The van der Waals surface area contributed by atoms with E-state index in [9.17, 15) is 0 Å². The molecule has 0 saturated carbocycles. The Bertz CT molecular complexity index is 2870. The minimum absolute atomic E-state index is 0.818. The van der Waals surface area contributed by atoms with Crippen molar-refractivity contribution in [2.45, 2.75) is 0 Å². The van der Waals surface area contributed by atoms with Crippen molar-refractivity contribution >= 4 is 55.9 Å². The van der Waals surface area contributed by atoms with E-state index in [2.05, 4.69) is 228 Å². The first kappa shape index (κ1) is 33.5. The maximum Gasteiger partial charge on any atom is 0.116 e. The van der Waals surface area contributed by atoms with Gasteiger partial charge < -0.3 is 9.80 Å². The monoisotopic (exact) mass is 740 g/mol. The number of aromatic nitrogens is 2. The van der Waals surface area contributed by atoms with Gasteiger partial charge in [-0.05, 0) is 88.3 Å². The maximum absolute atomic E-state index is 5.69. The molecule has 1 aromatic heterocycles. The predicted octanol–water partition coefficient (Wildman–Crippen LogP) is 14.7. The topological polar surface area (TPSA) is 32.3 Å². The minimum atomic E-state index is 0.818. The van der Waals surface area contributed by atoms with Gasteiger partial charge in [-0.2, -0.15) is 0 Å². The zero-order valence-electron chi connectivity index (χ0n) is 31.6. The molecule has 0 unspecified atom stereocenters. The molecule has 58 heavy (non-hydrogen) atoms. The summed E-state index contributed by atoms with van der Waals surface area (Å²) >= 11 is 0. The van der Waals surface area contributed by atoms with E-state index in [-0.39, 0.29) is 0 Å². The molecule has 0 atom stereocenters. The number of rotatable bonds is 8. The summed E-state index contributed by atoms with van der Waals surface area (Å²) in [5.74, 6) is 0. The molecule has 4 nitrogen and oxygen atoms in total. The smallest absolute Gasteiger partial charge is 0.116 e. The summed E-state index contributed by atoms with van der Waals surface area (Å²) in [4.78, 5) is 16.0. The molecular weight excluding hydrogens is 705 g/mol. The van der Waals surface area contributed by atoms with Crippen LogP contribution in [0.4, 0.5) is 34.1 Å². The molecule has 11 rings (SSSR count). The van der Waals surface area contributed by atoms with E-state index >= 15 is 0 Å². The number of anilines is 6. The van der Waals surface area contributed by atoms with E-state index < -0.39 is 0 Å². The molecule has 0 amide bonds. The Labute approximate surface area is 337 Å². The number of nitrogens with zero attached hydrogens (tertiary/aromatic N) is 4. The molecular formula is C54H36N4. The van der Waals surface area contributed by atoms with Crippen molar-refractivity contribution in [2.24, 2.45) is 0 Å². The van der Waals surface area contributed by atoms with Crippen LogP contribution in [0, 0.1) is 0 Å². The number of fused-ring (bicyclic) bond motifs is 4. The molecule has 9 aromatic carbocycles. The van der Waals surface area contributed by atoms with Gasteiger partial charge in [0.25, 0.3) is 0 Å². The van der Waals surface area contributed by atoms with Crippen LogP contribution in [0.25, 0.3) is 66.6 Å². The van der Waals surface area contributed by atoms with Crippen LogP contribution in [0.2, 0.25) is 0 Å². The van der Waals surface area contributed by atoms with E-state index in [0.717, 1.165) is 78.8 Å². The average Bonchev–Trinajstić information content (AvgIpc) is 3.62. The SMILES string of the molecule is c1ccc(-c2ccc(N(c3ccccc3)c3ccc(N(c4ccccc4)c4ccc(-c5ccccc5)cc4)c4nc5c(nc34)-c3cccc4cccc-5c34)cc2)cc1. The number of hydrogen-bond acceptors (Lipinski definition) is 4. The Morgan fingerprint density at radius 2 is 0.621 bits per heavy atom. The molecule has 1 aliphatic rings. The lowest BCUT2D eigenvalue weighted by Gasteiger charge is -2.30. The van der Waals surface area contributed by atoms with Crippen LogP contribution in [0.1, 0.15) is 0 Å². The summed E-state index contributed by atoms with van der Waals surface area (Å²) in [7, 11) is 0. The number of para-hydroxylation sites is 2. The molecule has 1 aliphatic carbocycles. The van der Waals surface area contributed by atoms with Gasteiger partial charge in [-0.15, -0.1) is 0 Å². The normalized spacial score (nSPS) is 11.4. The van der Waals surface area contributed by atoms with Crippen LogP contribution in [0.5, 0.6) is 0 Å². The third-order valence-electron chi connectivity index (χ3n) is 11.2. The first-order valence-electron chi connectivity index (χ1n) is 19.7. The molecule has 0 saturated heterocycles. The van der Waals surface area contributed by atoms with Crippen LogP contribution < -0.4 is 9.80 Å². The number of hydrogen-bond donors (Lipinski definition) is 0. The molecule has 0 aliphatic heterocycles. The van der Waals surface area contributed by atoms with Crippen molar-refractivity contribution in [3.63, 3.8) is 0 Å². The van der Waals surface area contributed by atoms with Crippen LogP contribution in [0.15, 0.2) is 218 Å². The van der Waals surface area contributed by atoms with Gasteiger partial charge >= 0.3 is 0 Å². The standard InChI is InChI=1S/C54H36N4/c1-5-15-37(16-6-1)39-27-31-44(32-28-39)57(42-21-9-3-10-22-42)48-35-36-49(54-53(48)55-51-46-25-13-19-41-20-14-26-47(50(41)46)52(51)56-54)58(43-23-11-4-12-24-43)45-33-29-40(30-34-45)38-17-7-2-8-18-38/h1-36H. The molecule has 0 N–H and O–H groups in total. The van der Waals surface area contributed by atoms with Crippen molar-refractivity contribution in [2.75, 3.05) is 9.80 Å². The first-order valence-corrected chi connectivity index (χ1v) is 19.7. The van der Waals surface area contributed by atoms with Gasteiger partial charge in [-0.25, -0.2) is 9.97 Å². The molecule has 4 heteroatoms. The lowest BCUT2D eigenvalue weighted by molar-refractivity contribution is 1.23. The van der Waals surface area contributed by atoms with Gasteiger partial charge in [0, 0.05) is 39.3 Å². The van der Waals surface area contributed by atoms with Gasteiger partial charge in [0.2, 0.25) is 0 Å². The summed E-state index contributed by atoms with van der Waals surface area (Å²) < 4.78 is 0. The Morgan fingerprint density at radius 1 is 0.276 bits per heavy atom. The van der Waals surface area contributed by atoms with Crippen LogP contribution in [0.3, 0.4) is 0 Å². The first-order chi connectivity index (χ1) is 28.8. The summed E-state index contributed by atoms with van der Waals surface area (Å²) in [5, 5.41) is 2.39. The van der Waals surface area contributed by atoms with E-state index in [1.165, 1.54) is 21.9 Å². The molecule has 0 bridgehead atoms. The second kappa shape index (κ2) is 14.0. The largest absolute Gasteiger partial charge is 0.308 e. The van der Waals surface area contributed by atoms with Crippen molar-refractivity contribution < 1.29 is 0 Å². The van der Waals surface area contributed by atoms with Gasteiger partial charge in [-0.3, -0.25) is 0 Å². The zero-order chi connectivity index (χ0) is 38.4. The molecule has 272 valence electrons. The predicted molar refractivity (Wildman–Crippen MR) is 242 cm³/mol. The van der Waals surface area contributed by atoms with Crippen LogP contribution in [-0.2, 0) is 0 Å². The highest BCUT2D eigenvalue weighted by atomic mass is 15.2. The second-order valence-electron chi connectivity index (χ2n) is 14.6. The summed E-state index contributed by atoms with van der Waals surface area (Å²) in [6.45, 7) is 0. The summed E-state index contributed by atoms with van der Waals surface area (Å²) in [6.07, 6.45) is 0. The van der Waals surface area contributed by atoms with Gasteiger partial charge in [0.05, 0.1) is 22.8 Å². The Hall–Kier alpha value is -7.82. The Balaban J connectivity index is 1.16. The van der Waals surface area contributed by atoms with Gasteiger partial charge in [0.15, 0.2) is 0 Å². The van der Waals surface area contributed by atoms with E-state index in [0.29, 0.717) is 0 Å². The van der Waals surface area contributed by atoms with Crippen molar-refractivity contribution in [3.8, 4) is 44.8 Å². The Kier molecular flexibility index (Phi) is 8.11. The average molecular weight is 741 g/mol. The van der Waals surface area contributed by atoms with Crippen molar-refractivity contribution in [3.05, 3.63) is 218 Å². The van der Waals surface area contributed by atoms with E-state index in [4.69, 9.17) is 9.97 Å². The lowest BCUT2D eigenvalue weighted by atomic mass is 10.0. The quantitative estimate of drug-likeness (QED) is 0.155. The Morgan fingerprint density at radius 3 is 1.02 bits per heavy atom. The lowest BCUT2D eigenvalue weighted by Crippen LogP contribution is -2.14. The maximum atomic E-state index is 5.69. The highest BCUT2D eigenvalue weighted by Gasteiger charge is 2.29. The molecule has 0 spiro atoms. The fraction of sp³-hybridized carbons (Fsp3) is 0. The highest BCUT2D eigenvalue weighted by Crippen LogP contribution is 2.50. The molecule has 1 heterocycles. The molecule has 0 radical (unpaired) electrons. The third kappa shape index (κ3) is 5.70. The molecule has 10 aromatic rings. The van der Waals surface area contributed by atoms with Crippen molar-refractivity contribution in [1.29, 1.82) is 0 Å². The highest BCUT2D eigenvalue weighted by molar-refractivity contribution is 6.15. The van der Waals surface area contributed by atoms with Crippen LogP contribution in [-0.4, -0.2) is 9.97 Å². The minimum Gasteiger partial charge on any atom is -0.308 e.